The second kappa shape index (κ2) is 4.87. The van der Waals surface area contributed by atoms with Gasteiger partial charge in [0.25, 0.3) is 0 Å². The van der Waals surface area contributed by atoms with Crippen LogP contribution in [0.25, 0.3) is 4.96 Å². The van der Waals surface area contributed by atoms with Gasteiger partial charge in [-0.05, 0) is 6.42 Å². The molecular weight excluding hydrogens is 248 g/mol. The van der Waals surface area contributed by atoms with Crippen molar-refractivity contribution in [2.75, 3.05) is 31.7 Å². The molecule has 1 atom stereocenters. The van der Waals surface area contributed by atoms with Crippen molar-refractivity contribution in [3.05, 3.63) is 17.3 Å². The van der Waals surface area contributed by atoms with Crippen LogP contribution < -0.4 is 10.6 Å². The largest absolute Gasteiger partial charge is 0.384 e. The van der Waals surface area contributed by atoms with Crippen molar-refractivity contribution >= 4 is 22.1 Å². The van der Waals surface area contributed by atoms with Gasteiger partial charge < -0.3 is 15.4 Å². The second-order valence-electron chi connectivity index (χ2n) is 4.70. The quantitative estimate of drug-likeness (QED) is 0.907. The van der Waals surface area contributed by atoms with E-state index in [0.717, 1.165) is 36.2 Å². The van der Waals surface area contributed by atoms with E-state index in [2.05, 4.69) is 9.30 Å². The van der Waals surface area contributed by atoms with E-state index in [9.17, 15) is 0 Å². The van der Waals surface area contributed by atoms with Gasteiger partial charge in [-0.1, -0.05) is 0 Å². The molecule has 0 aromatic carbocycles. The molecule has 5 nitrogen and oxygen atoms in total. The summed E-state index contributed by atoms with van der Waals surface area (Å²) in [5, 5.41) is 2.04. The third-order valence-corrected chi connectivity index (χ3v) is 4.28. The summed E-state index contributed by atoms with van der Waals surface area (Å²) in [5.41, 5.74) is 6.99. The number of thiazole rings is 1. The molecule has 0 bridgehead atoms. The first-order chi connectivity index (χ1) is 8.83. The SMILES string of the molecule is COCC1CCN(c2nc3sccn3c2CN)C1. The van der Waals surface area contributed by atoms with Crippen molar-refractivity contribution in [2.45, 2.75) is 13.0 Å². The van der Waals surface area contributed by atoms with Crippen molar-refractivity contribution < 1.29 is 4.74 Å². The van der Waals surface area contributed by atoms with Gasteiger partial charge in [0.05, 0.1) is 12.3 Å². The molecule has 6 heteroatoms. The van der Waals surface area contributed by atoms with E-state index in [4.69, 9.17) is 15.5 Å². The van der Waals surface area contributed by atoms with Crippen LogP contribution in [0, 0.1) is 5.92 Å². The number of methoxy groups -OCH3 is 1. The molecule has 2 aromatic rings. The number of nitrogens with two attached hydrogens (primary N) is 1. The van der Waals surface area contributed by atoms with Crippen LogP contribution in [0.15, 0.2) is 11.6 Å². The minimum absolute atomic E-state index is 0.526. The van der Waals surface area contributed by atoms with Crippen molar-refractivity contribution in [3.63, 3.8) is 0 Å². The smallest absolute Gasteiger partial charge is 0.195 e. The summed E-state index contributed by atoms with van der Waals surface area (Å²) >= 11 is 1.65. The Bertz CT molecular complexity index is 535. The maximum absolute atomic E-state index is 5.87. The topological polar surface area (TPSA) is 55.8 Å². The summed E-state index contributed by atoms with van der Waals surface area (Å²) in [5.74, 6) is 1.67. The van der Waals surface area contributed by atoms with E-state index in [1.165, 1.54) is 6.42 Å². The number of hydrogen-bond donors (Lipinski definition) is 1. The number of rotatable bonds is 4. The van der Waals surface area contributed by atoms with Gasteiger partial charge in [0.15, 0.2) is 10.8 Å². The fourth-order valence-corrected chi connectivity index (χ4v) is 3.39. The van der Waals surface area contributed by atoms with E-state index in [0.29, 0.717) is 12.5 Å². The van der Waals surface area contributed by atoms with E-state index >= 15 is 0 Å². The summed E-state index contributed by atoms with van der Waals surface area (Å²) < 4.78 is 7.34. The molecule has 1 unspecified atom stereocenters. The van der Waals surface area contributed by atoms with Crippen molar-refractivity contribution in [3.8, 4) is 0 Å². The summed E-state index contributed by atoms with van der Waals surface area (Å²) in [6, 6.07) is 0. The number of aromatic nitrogens is 2. The van der Waals surface area contributed by atoms with Crippen LogP contribution >= 0.6 is 11.3 Å². The second-order valence-corrected chi connectivity index (χ2v) is 5.57. The third kappa shape index (κ3) is 1.90. The summed E-state index contributed by atoms with van der Waals surface area (Å²) in [4.78, 5) is 8.07. The maximum Gasteiger partial charge on any atom is 0.195 e. The zero-order chi connectivity index (χ0) is 12.5. The highest BCUT2D eigenvalue weighted by molar-refractivity contribution is 7.15. The van der Waals surface area contributed by atoms with Gasteiger partial charge in [-0.25, -0.2) is 4.98 Å². The Balaban J connectivity index is 1.88. The Morgan fingerprint density at radius 2 is 2.50 bits per heavy atom. The van der Waals surface area contributed by atoms with Crippen LogP contribution in [0.2, 0.25) is 0 Å². The van der Waals surface area contributed by atoms with Crippen LogP contribution in [0.4, 0.5) is 5.82 Å². The first-order valence-corrected chi connectivity index (χ1v) is 7.09. The average Bonchev–Trinajstić information content (AvgIpc) is 3.01. The summed E-state index contributed by atoms with van der Waals surface area (Å²) in [7, 11) is 1.76. The lowest BCUT2D eigenvalue weighted by atomic mass is 10.1. The Kier molecular flexibility index (Phi) is 3.23. The standard InChI is InChI=1S/C12H18N4OS/c1-17-8-9-2-3-15(7-9)11-10(6-13)16-4-5-18-12(16)14-11/h4-5,9H,2-3,6-8,13H2,1H3. The first-order valence-electron chi connectivity index (χ1n) is 6.22. The molecule has 0 saturated carbocycles. The molecule has 3 rings (SSSR count). The number of anilines is 1. The van der Waals surface area contributed by atoms with Crippen LogP contribution in [-0.2, 0) is 11.3 Å². The van der Waals surface area contributed by atoms with Crippen LogP contribution in [0.3, 0.4) is 0 Å². The molecule has 2 aromatic heterocycles. The fourth-order valence-electron chi connectivity index (χ4n) is 2.66. The van der Waals surface area contributed by atoms with Crippen LogP contribution in [-0.4, -0.2) is 36.2 Å². The lowest BCUT2D eigenvalue weighted by molar-refractivity contribution is 0.161. The number of hydrogen-bond acceptors (Lipinski definition) is 5. The molecule has 0 aliphatic carbocycles. The van der Waals surface area contributed by atoms with E-state index in [1.807, 2.05) is 11.6 Å². The van der Waals surface area contributed by atoms with Crippen LogP contribution in [0.1, 0.15) is 12.1 Å². The fraction of sp³-hybridized carbons (Fsp3) is 0.583. The maximum atomic E-state index is 5.87. The molecule has 2 N–H and O–H groups in total. The Morgan fingerprint density at radius 3 is 3.28 bits per heavy atom. The molecule has 1 fully saturated rings. The molecular formula is C12H18N4OS. The molecule has 18 heavy (non-hydrogen) atoms. The number of fused-ring (bicyclic) bond motifs is 1. The number of ether oxygens (including phenoxy) is 1. The van der Waals surface area contributed by atoms with Gasteiger partial charge in [-0.2, -0.15) is 0 Å². The summed E-state index contributed by atoms with van der Waals surface area (Å²) in [6.45, 7) is 3.42. The molecule has 0 spiro atoms. The van der Waals surface area contributed by atoms with Gasteiger partial charge in [-0.3, -0.25) is 4.40 Å². The van der Waals surface area contributed by atoms with Gasteiger partial charge >= 0.3 is 0 Å². The van der Waals surface area contributed by atoms with E-state index in [-0.39, 0.29) is 0 Å². The molecule has 1 aliphatic heterocycles. The molecule has 0 amide bonds. The minimum atomic E-state index is 0.526. The van der Waals surface area contributed by atoms with Crippen molar-refractivity contribution in [1.82, 2.24) is 9.38 Å². The zero-order valence-electron chi connectivity index (χ0n) is 10.5. The molecule has 1 aliphatic rings. The minimum Gasteiger partial charge on any atom is -0.384 e. The van der Waals surface area contributed by atoms with Gasteiger partial charge in [0, 0.05) is 44.2 Å². The third-order valence-electron chi connectivity index (χ3n) is 3.52. The Labute approximate surface area is 110 Å². The highest BCUT2D eigenvalue weighted by Gasteiger charge is 2.26. The predicted molar refractivity (Wildman–Crippen MR) is 73.2 cm³/mol. The van der Waals surface area contributed by atoms with E-state index < -0.39 is 0 Å². The Morgan fingerprint density at radius 1 is 1.61 bits per heavy atom. The molecule has 1 saturated heterocycles. The highest BCUT2D eigenvalue weighted by Crippen LogP contribution is 2.28. The van der Waals surface area contributed by atoms with Crippen molar-refractivity contribution in [2.24, 2.45) is 11.7 Å². The normalized spacial score (nSPS) is 20.1. The van der Waals surface area contributed by atoms with Gasteiger partial charge in [0.2, 0.25) is 0 Å². The number of nitrogens with zero attached hydrogens (tertiary/aromatic N) is 3. The highest BCUT2D eigenvalue weighted by atomic mass is 32.1. The monoisotopic (exact) mass is 266 g/mol. The summed E-state index contributed by atoms with van der Waals surface area (Å²) in [6.07, 6.45) is 3.21. The lowest BCUT2D eigenvalue weighted by Crippen LogP contribution is -2.23. The van der Waals surface area contributed by atoms with Gasteiger partial charge in [-0.15, -0.1) is 11.3 Å². The van der Waals surface area contributed by atoms with Gasteiger partial charge in [0.1, 0.15) is 0 Å². The number of imidazole rings is 1. The van der Waals surface area contributed by atoms with E-state index in [1.54, 1.807) is 18.4 Å². The Hall–Kier alpha value is -1.11. The van der Waals surface area contributed by atoms with Crippen LogP contribution in [0.5, 0.6) is 0 Å². The zero-order valence-corrected chi connectivity index (χ0v) is 11.3. The van der Waals surface area contributed by atoms with Crippen molar-refractivity contribution in [1.29, 1.82) is 0 Å². The predicted octanol–water partition coefficient (Wildman–Crippen LogP) is 1.33. The first kappa shape index (κ1) is 12.0. The average molecular weight is 266 g/mol. The lowest BCUT2D eigenvalue weighted by Gasteiger charge is -2.17. The molecule has 3 heterocycles. The molecule has 0 radical (unpaired) electrons. The molecule has 98 valence electrons.